The lowest BCUT2D eigenvalue weighted by Gasteiger charge is -2.05. The van der Waals surface area contributed by atoms with Gasteiger partial charge in [-0.3, -0.25) is 0 Å². The van der Waals surface area contributed by atoms with E-state index >= 15 is 0 Å². The molecular formula is C9H11ClN2. The molecule has 0 radical (unpaired) electrons. The summed E-state index contributed by atoms with van der Waals surface area (Å²) in [7, 11) is 0. The van der Waals surface area contributed by atoms with E-state index in [1.165, 1.54) is 5.56 Å². The van der Waals surface area contributed by atoms with Crippen LogP contribution in [0.15, 0.2) is 18.2 Å². The lowest BCUT2D eigenvalue weighted by Crippen LogP contribution is -2.25. The summed E-state index contributed by atoms with van der Waals surface area (Å²) in [6, 6.07) is 6.27. The number of rotatable bonds is 1. The minimum absolute atomic E-state index is 0.361. The molecule has 1 atom stereocenters. The van der Waals surface area contributed by atoms with E-state index in [0.717, 1.165) is 17.1 Å². The quantitative estimate of drug-likeness (QED) is 0.693. The van der Waals surface area contributed by atoms with E-state index < -0.39 is 0 Å². The van der Waals surface area contributed by atoms with Crippen LogP contribution in [0.1, 0.15) is 5.56 Å². The molecule has 3 N–H and O–H groups in total. The second kappa shape index (κ2) is 2.96. The van der Waals surface area contributed by atoms with Crippen molar-refractivity contribution in [1.82, 2.24) is 0 Å². The Hall–Kier alpha value is -0.730. The Balaban J connectivity index is 2.35. The molecule has 1 aliphatic heterocycles. The molecule has 64 valence electrons. The van der Waals surface area contributed by atoms with Gasteiger partial charge in [-0.1, -0.05) is 17.7 Å². The van der Waals surface area contributed by atoms with Gasteiger partial charge in [0.25, 0.3) is 0 Å². The number of hydrogen-bond donors (Lipinski definition) is 2. The Bertz CT molecular complexity index is 299. The van der Waals surface area contributed by atoms with Crippen LogP contribution in [0.25, 0.3) is 0 Å². The van der Waals surface area contributed by atoms with Gasteiger partial charge in [0.05, 0.1) is 0 Å². The summed E-state index contributed by atoms with van der Waals surface area (Å²) >= 11 is 6.01. The van der Waals surface area contributed by atoms with Crippen LogP contribution in [0, 0.1) is 0 Å². The molecule has 1 aromatic carbocycles. The highest BCUT2D eigenvalue weighted by Crippen LogP contribution is 2.31. The highest BCUT2D eigenvalue weighted by atomic mass is 35.5. The van der Waals surface area contributed by atoms with Crippen molar-refractivity contribution in [1.29, 1.82) is 0 Å². The van der Waals surface area contributed by atoms with Gasteiger partial charge in [0.2, 0.25) is 0 Å². The predicted octanol–water partition coefficient (Wildman–Crippen LogP) is 1.64. The maximum atomic E-state index is 6.01. The maximum Gasteiger partial charge on any atom is 0.0459 e. The van der Waals surface area contributed by atoms with Gasteiger partial charge < -0.3 is 11.1 Å². The summed E-state index contributed by atoms with van der Waals surface area (Å²) in [4.78, 5) is 0. The molecule has 3 heteroatoms. The largest absolute Gasteiger partial charge is 0.380 e. The number of fused-ring (bicyclic) bond motifs is 1. The summed E-state index contributed by atoms with van der Waals surface area (Å²) in [5.74, 6) is 0. The molecule has 0 saturated carbocycles. The Kier molecular flexibility index (Phi) is 1.95. The van der Waals surface area contributed by atoms with E-state index in [4.69, 9.17) is 17.3 Å². The van der Waals surface area contributed by atoms with Crippen molar-refractivity contribution in [2.24, 2.45) is 5.73 Å². The molecule has 2 nitrogen and oxygen atoms in total. The van der Waals surface area contributed by atoms with Crippen LogP contribution in [-0.4, -0.2) is 12.6 Å². The van der Waals surface area contributed by atoms with E-state index in [9.17, 15) is 0 Å². The van der Waals surface area contributed by atoms with E-state index in [0.29, 0.717) is 12.6 Å². The Labute approximate surface area is 76.7 Å². The van der Waals surface area contributed by atoms with Crippen LogP contribution in [0.5, 0.6) is 0 Å². The zero-order chi connectivity index (χ0) is 8.55. The van der Waals surface area contributed by atoms with Crippen LogP contribution in [-0.2, 0) is 6.42 Å². The van der Waals surface area contributed by atoms with Gasteiger partial charge >= 0.3 is 0 Å². The summed E-state index contributed by atoms with van der Waals surface area (Å²) in [6.07, 6.45) is 0.950. The number of nitrogens with two attached hydrogens (primary N) is 1. The van der Waals surface area contributed by atoms with Crippen LogP contribution in [0.3, 0.4) is 0 Å². The minimum atomic E-state index is 0.361. The molecule has 12 heavy (non-hydrogen) atoms. The summed E-state index contributed by atoms with van der Waals surface area (Å²) in [6.45, 7) is 0.658. The molecule has 0 fully saturated rings. The first-order chi connectivity index (χ1) is 5.81. The molecule has 0 aromatic heterocycles. The third-order valence-electron chi connectivity index (χ3n) is 2.21. The van der Waals surface area contributed by atoms with Gasteiger partial charge in [0.15, 0.2) is 0 Å². The van der Waals surface area contributed by atoms with Gasteiger partial charge in [0, 0.05) is 23.3 Å². The first kappa shape index (κ1) is 7.90. The fourth-order valence-electron chi connectivity index (χ4n) is 1.56. The van der Waals surface area contributed by atoms with Gasteiger partial charge in [-0.05, 0) is 24.1 Å². The second-order valence-corrected chi connectivity index (χ2v) is 3.45. The molecule has 0 saturated heterocycles. The predicted molar refractivity (Wildman–Crippen MR) is 51.6 cm³/mol. The number of anilines is 1. The number of halogens is 1. The Morgan fingerprint density at radius 2 is 2.42 bits per heavy atom. The highest BCUT2D eigenvalue weighted by molar-refractivity contribution is 6.31. The number of benzene rings is 1. The normalized spacial score (nSPS) is 20.3. The topological polar surface area (TPSA) is 38.0 Å². The highest BCUT2D eigenvalue weighted by Gasteiger charge is 2.20. The van der Waals surface area contributed by atoms with E-state index in [1.807, 2.05) is 18.2 Å². The summed E-state index contributed by atoms with van der Waals surface area (Å²) in [5.41, 5.74) is 7.90. The van der Waals surface area contributed by atoms with Gasteiger partial charge in [0.1, 0.15) is 0 Å². The zero-order valence-corrected chi connectivity index (χ0v) is 7.43. The zero-order valence-electron chi connectivity index (χ0n) is 6.68. The number of hydrogen-bond acceptors (Lipinski definition) is 2. The van der Waals surface area contributed by atoms with Crippen LogP contribution in [0.2, 0.25) is 5.02 Å². The van der Waals surface area contributed by atoms with Crippen LogP contribution in [0.4, 0.5) is 5.69 Å². The van der Waals surface area contributed by atoms with Crippen molar-refractivity contribution in [3.8, 4) is 0 Å². The fourth-order valence-corrected chi connectivity index (χ4v) is 1.81. The van der Waals surface area contributed by atoms with E-state index in [-0.39, 0.29) is 0 Å². The Morgan fingerprint density at radius 1 is 1.58 bits per heavy atom. The standard InChI is InChI=1S/C9H11ClN2/c10-8-2-1-3-9-7(8)4-6(5-11)12-9/h1-3,6,12H,4-5,11H2. The van der Waals surface area contributed by atoms with Crippen LogP contribution < -0.4 is 11.1 Å². The first-order valence-electron chi connectivity index (χ1n) is 4.05. The van der Waals surface area contributed by atoms with Crippen molar-refractivity contribution < 1.29 is 0 Å². The van der Waals surface area contributed by atoms with Crippen molar-refractivity contribution >= 4 is 17.3 Å². The average molecular weight is 183 g/mol. The molecule has 1 heterocycles. The molecule has 0 amide bonds. The van der Waals surface area contributed by atoms with Crippen molar-refractivity contribution in [3.05, 3.63) is 28.8 Å². The smallest absolute Gasteiger partial charge is 0.0459 e. The van der Waals surface area contributed by atoms with Crippen LogP contribution >= 0.6 is 11.6 Å². The van der Waals surface area contributed by atoms with Crippen molar-refractivity contribution in [2.75, 3.05) is 11.9 Å². The fraction of sp³-hybridized carbons (Fsp3) is 0.333. The Morgan fingerprint density at radius 3 is 3.08 bits per heavy atom. The molecule has 1 aliphatic rings. The molecule has 0 bridgehead atoms. The van der Waals surface area contributed by atoms with Crippen molar-refractivity contribution in [3.63, 3.8) is 0 Å². The molecule has 0 spiro atoms. The van der Waals surface area contributed by atoms with Gasteiger partial charge in [-0.25, -0.2) is 0 Å². The third-order valence-corrected chi connectivity index (χ3v) is 2.57. The molecule has 0 aliphatic carbocycles. The maximum absolute atomic E-state index is 6.01. The lowest BCUT2D eigenvalue weighted by atomic mass is 10.1. The van der Waals surface area contributed by atoms with E-state index in [1.54, 1.807) is 0 Å². The molecular weight excluding hydrogens is 172 g/mol. The minimum Gasteiger partial charge on any atom is -0.380 e. The summed E-state index contributed by atoms with van der Waals surface area (Å²) in [5, 5.41) is 4.16. The third kappa shape index (κ3) is 1.17. The first-order valence-corrected chi connectivity index (χ1v) is 4.43. The van der Waals surface area contributed by atoms with Gasteiger partial charge in [-0.2, -0.15) is 0 Å². The second-order valence-electron chi connectivity index (χ2n) is 3.05. The number of nitrogens with one attached hydrogen (secondary N) is 1. The summed E-state index contributed by atoms with van der Waals surface area (Å²) < 4.78 is 0. The van der Waals surface area contributed by atoms with Crippen molar-refractivity contribution in [2.45, 2.75) is 12.5 Å². The monoisotopic (exact) mass is 182 g/mol. The molecule has 2 rings (SSSR count). The molecule has 1 unspecified atom stereocenters. The molecule has 1 aromatic rings. The lowest BCUT2D eigenvalue weighted by molar-refractivity contribution is 0.760. The SMILES string of the molecule is NCC1Cc2c(Cl)cccc2N1. The average Bonchev–Trinajstić information content (AvgIpc) is 2.49. The van der Waals surface area contributed by atoms with E-state index in [2.05, 4.69) is 5.32 Å². The van der Waals surface area contributed by atoms with Gasteiger partial charge in [-0.15, -0.1) is 0 Å².